The van der Waals surface area contributed by atoms with Crippen LogP contribution >= 0.6 is 11.8 Å². The van der Waals surface area contributed by atoms with Crippen LogP contribution in [0, 0.1) is 0 Å². The number of nitrogens with zero attached hydrogens (tertiary/aromatic N) is 4. The molecule has 2 aromatic heterocycles. The third-order valence-corrected chi connectivity index (χ3v) is 7.99. The molecule has 4 unspecified atom stereocenters. The summed E-state index contributed by atoms with van der Waals surface area (Å²) in [7, 11) is 0. The second-order valence-electron chi connectivity index (χ2n) is 13.7. The van der Waals surface area contributed by atoms with Crippen LogP contribution in [-0.4, -0.2) is 97.5 Å². The van der Waals surface area contributed by atoms with E-state index < -0.39 is 41.3 Å². The number of nitrogens with two attached hydrogens (primary N) is 1. The Morgan fingerprint density at radius 2 is 1.78 bits per heavy atom. The minimum Gasteiger partial charge on any atom is -0.458 e. The van der Waals surface area contributed by atoms with Gasteiger partial charge in [0.2, 0.25) is 0 Å². The Labute approximate surface area is 269 Å². The predicted molar refractivity (Wildman–Crippen MR) is 171 cm³/mol. The van der Waals surface area contributed by atoms with E-state index >= 15 is 0 Å². The molecule has 252 valence electrons. The summed E-state index contributed by atoms with van der Waals surface area (Å²) < 4.78 is 32.0. The summed E-state index contributed by atoms with van der Waals surface area (Å²) in [6, 6.07) is -0.864. The Morgan fingerprint density at radius 3 is 2.47 bits per heavy atom. The lowest BCUT2D eigenvalue weighted by Crippen LogP contribution is -2.46. The molecule has 2 fully saturated rings. The van der Waals surface area contributed by atoms with Gasteiger partial charge in [-0.2, -0.15) is 11.8 Å². The van der Waals surface area contributed by atoms with Crippen molar-refractivity contribution in [2.24, 2.45) is 5.73 Å². The third-order valence-electron chi connectivity index (χ3n) is 6.90. The summed E-state index contributed by atoms with van der Waals surface area (Å²) in [5.41, 5.74) is 5.50. The van der Waals surface area contributed by atoms with E-state index in [2.05, 4.69) is 25.6 Å². The first-order valence-corrected chi connectivity index (χ1v) is 16.6. The number of aromatic nitrogens is 4. The average molecular weight is 652 g/mol. The van der Waals surface area contributed by atoms with Crippen LogP contribution in [0.1, 0.15) is 80.9 Å². The number of esters is 1. The number of nitrogens with one attached hydrogen (secondary N) is 2. The monoisotopic (exact) mass is 651 g/mol. The van der Waals surface area contributed by atoms with Crippen molar-refractivity contribution in [3.63, 3.8) is 0 Å². The lowest BCUT2D eigenvalue weighted by molar-refractivity contribution is -0.193. The van der Waals surface area contributed by atoms with Crippen LogP contribution in [0.2, 0.25) is 0 Å². The van der Waals surface area contributed by atoms with E-state index in [9.17, 15) is 9.59 Å². The first kappa shape index (κ1) is 35.1. The molecule has 5 atom stereocenters. The van der Waals surface area contributed by atoms with Crippen LogP contribution in [0.3, 0.4) is 0 Å². The van der Waals surface area contributed by atoms with Crippen molar-refractivity contribution in [2.75, 3.05) is 29.9 Å². The van der Waals surface area contributed by atoms with Gasteiger partial charge in [0.1, 0.15) is 35.8 Å². The number of anilines is 1. The number of hydrogen-bond acceptors (Lipinski definition) is 13. The second kappa shape index (κ2) is 14.4. The molecule has 0 spiro atoms. The highest BCUT2D eigenvalue weighted by molar-refractivity contribution is 7.99. The molecule has 2 aliphatic rings. The van der Waals surface area contributed by atoms with Crippen molar-refractivity contribution in [1.82, 2.24) is 24.8 Å². The summed E-state index contributed by atoms with van der Waals surface area (Å²) in [5.74, 6) is 0.469. The number of fused-ring (bicyclic) bond motifs is 2. The van der Waals surface area contributed by atoms with Crippen molar-refractivity contribution in [3.05, 3.63) is 12.7 Å². The lowest BCUT2D eigenvalue weighted by atomic mass is 10.1. The first-order valence-electron chi connectivity index (χ1n) is 15.5. The molecule has 1 amide bonds. The molecular weight excluding hydrogens is 602 g/mol. The Bertz CT molecular complexity index is 1310. The quantitative estimate of drug-likeness (QED) is 0.211. The molecule has 0 aliphatic carbocycles. The maximum atomic E-state index is 12.9. The van der Waals surface area contributed by atoms with E-state index in [1.165, 1.54) is 6.33 Å². The number of alkyl carbamates (subject to hydrolysis) is 1. The average Bonchev–Trinajstić information content (AvgIpc) is 3.57. The minimum absolute atomic E-state index is 0.307. The molecular formula is C30H49N7O7S. The predicted octanol–water partition coefficient (Wildman–Crippen LogP) is 3.75. The van der Waals surface area contributed by atoms with E-state index in [0.717, 1.165) is 19.4 Å². The number of rotatable bonds is 13. The molecule has 0 radical (unpaired) electrons. The Morgan fingerprint density at radius 1 is 1.07 bits per heavy atom. The molecule has 4 rings (SSSR count). The third kappa shape index (κ3) is 9.64. The van der Waals surface area contributed by atoms with Crippen molar-refractivity contribution in [3.8, 4) is 0 Å². The Hall–Kier alpha value is -2.72. The molecule has 4 N–H and O–H groups in total. The number of carbonyl (C=O) groups excluding carboxylic acids is 2. The van der Waals surface area contributed by atoms with Gasteiger partial charge in [0.05, 0.1) is 12.4 Å². The van der Waals surface area contributed by atoms with Gasteiger partial charge in [-0.1, -0.05) is 0 Å². The number of ether oxygens (including phenoxy) is 5. The summed E-state index contributed by atoms with van der Waals surface area (Å²) in [5, 5.41) is 6.01. The van der Waals surface area contributed by atoms with Crippen molar-refractivity contribution in [2.45, 2.75) is 122 Å². The molecule has 2 saturated heterocycles. The van der Waals surface area contributed by atoms with Gasteiger partial charge in [-0.3, -0.25) is 4.57 Å². The Balaban J connectivity index is 1.42. The summed E-state index contributed by atoms with van der Waals surface area (Å²) in [4.78, 5) is 38.9. The number of thioether (sulfide) groups is 1. The number of imidazole rings is 1. The zero-order chi connectivity index (χ0) is 33.0. The highest BCUT2D eigenvalue weighted by Gasteiger charge is 2.56. The van der Waals surface area contributed by atoms with Crippen LogP contribution in [0.15, 0.2) is 12.7 Å². The van der Waals surface area contributed by atoms with Gasteiger partial charge in [-0.25, -0.2) is 24.5 Å². The smallest absolute Gasteiger partial charge is 0.408 e. The van der Waals surface area contributed by atoms with E-state index in [-0.39, 0.29) is 18.3 Å². The summed E-state index contributed by atoms with van der Waals surface area (Å²) in [6.45, 7) is 15.8. The fourth-order valence-corrected chi connectivity index (χ4v) is 6.20. The van der Waals surface area contributed by atoms with Crippen LogP contribution in [-0.2, 0) is 28.5 Å². The van der Waals surface area contributed by atoms with E-state index in [1.54, 1.807) is 59.6 Å². The molecule has 45 heavy (non-hydrogen) atoms. The Kier molecular flexibility index (Phi) is 11.2. The van der Waals surface area contributed by atoms with E-state index in [0.29, 0.717) is 41.5 Å². The summed E-state index contributed by atoms with van der Waals surface area (Å²) in [6.07, 6.45) is 3.19. The SMILES string of the molecule is CC(C)(C)OC(=O)N[C@@H](CCSCC1OC(n2cnc3c(NCCCCN)ncnc32)C2OC(C)(C)OC12)C(=O)OC(C)(C)C. The van der Waals surface area contributed by atoms with Crippen LogP contribution in [0.5, 0.6) is 0 Å². The highest BCUT2D eigenvalue weighted by atomic mass is 32.2. The fraction of sp³-hybridized carbons (Fsp3) is 0.767. The van der Waals surface area contributed by atoms with E-state index in [1.807, 2.05) is 18.4 Å². The maximum absolute atomic E-state index is 12.9. The molecule has 14 nitrogen and oxygen atoms in total. The van der Waals surface area contributed by atoms with E-state index in [4.69, 9.17) is 29.4 Å². The van der Waals surface area contributed by atoms with Crippen LogP contribution < -0.4 is 16.4 Å². The zero-order valence-electron chi connectivity index (χ0n) is 27.6. The largest absolute Gasteiger partial charge is 0.458 e. The van der Waals surface area contributed by atoms with Gasteiger partial charge in [0, 0.05) is 12.3 Å². The molecule has 0 bridgehead atoms. The summed E-state index contributed by atoms with van der Waals surface area (Å²) >= 11 is 1.59. The van der Waals surface area contributed by atoms with Crippen molar-refractivity contribution in [1.29, 1.82) is 0 Å². The van der Waals surface area contributed by atoms with Crippen molar-refractivity contribution >= 4 is 40.8 Å². The topological polar surface area (TPSA) is 174 Å². The molecule has 0 saturated carbocycles. The second-order valence-corrected chi connectivity index (χ2v) is 14.8. The molecule has 2 aromatic rings. The fourth-order valence-electron chi connectivity index (χ4n) is 5.13. The van der Waals surface area contributed by atoms with Gasteiger partial charge in [0.25, 0.3) is 0 Å². The number of amides is 1. The standard InChI is InChI=1S/C30H49N7O7S/c1-28(2,3)43-26(38)18(36-27(39)44-29(4,5)6)11-14-45-15-19-21-22(42-30(7,8)41-21)25(40-19)37-17-35-20-23(32-13-10-9-12-31)33-16-34-24(20)37/h16-19,21-22,25H,9-15,31H2,1-8H3,(H,36,39)(H,32,33,34)/t18-,19?,21?,22?,25?/m0/s1. The van der Waals surface area contributed by atoms with Gasteiger partial charge < -0.3 is 40.1 Å². The normalized spacial score (nSPS) is 23.5. The number of unbranched alkanes of at least 4 members (excludes halogenated alkanes) is 1. The van der Waals surface area contributed by atoms with Crippen molar-refractivity contribution < 1.29 is 33.3 Å². The highest BCUT2D eigenvalue weighted by Crippen LogP contribution is 2.44. The van der Waals surface area contributed by atoms with Crippen LogP contribution in [0.25, 0.3) is 11.2 Å². The minimum atomic E-state index is -0.864. The molecule has 0 aromatic carbocycles. The molecule has 15 heteroatoms. The molecule has 4 heterocycles. The van der Waals surface area contributed by atoms with Gasteiger partial charge in [-0.15, -0.1) is 0 Å². The number of hydrogen-bond donors (Lipinski definition) is 3. The zero-order valence-corrected chi connectivity index (χ0v) is 28.4. The lowest BCUT2D eigenvalue weighted by Gasteiger charge is -2.26. The van der Waals surface area contributed by atoms with Crippen LogP contribution in [0.4, 0.5) is 10.6 Å². The first-order chi connectivity index (χ1) is 21.1. The van der Waals surface area contributed by atoms with Gasteiger partial charge in [-0.05, 0) is 86.9 Å². The number of carbonyl (C=O) groups is 2. The molecule has 2 aliphatic heterocycles. The van der Waals surface area contributed by atoms with Gasteiger partial charge >= 0.3 is 12.1 Å². The van der Waals surface area contributed by atoms with Gasteiger partial charge in [0.15, 0.2) is 29.0 Å². The maximum Gasteiger partial charge on any atom is 0.408 e.